The molecule has 5 nitrogen and oxygen atoms in total. The molecular formula is C20H18BrN5S2. The molecule has 0 saturated carbocycles. The summed E-state index contributed by atoms with van der Waals surface area (Å²) in [4.78, 5) is 8.96. The van der Waals surface area contributed by atoms with Crippen molar-refractivity contribution in [3.05, 3.63) is 69.3 Å². The minimum Gasteiger partial charge on any atom is -0.270 e. The highest BCUT2D eigenvalue weighted by Crippen LogP contribution is 2.31. The van der Waals surface area contributed by atoms with Crippen LogP contribution in [0.1, 0.15) is 30.5 Å². The molecule has 0 aliphatic carbocycles. The van der Waals surface area contributed by atoms with Crippen LogP contribution in [-0.4, -0.2) is 24.7 Å². The maximum absolute atomic E-state index is 4.73. The Morgan fingerprint density at radius 3 is 2.64 bits per heavy atom. The molecule has 0 bridgehead atoms. The summed E-state index contributed by atoms with van der Waals surface area (Å²) in [6.45, 7) is 4.33. The fraction of sp³-hybridized carbons (Fsp3) is 0.200. The minimum absolute atomic E-state index is 0.451. The maximum Gasteiger partial charge on any atom is 0.196 e. The van der Waals surface area contributed by atoms with E-state index in [9.17, 15) is 0 Å². The normalized spacial score (nSPS) is 11.3. The van der Waals surface area contributed by atoms with Crippen molar-refractivity contribution in [3.8, 4) is 17.1 Å². The first kappa shape index (κ1) is 19.3. The molecule has 0 radical (unpaired) electrons. The first-order valence-electron chi connectivity index (χ1n) is 8.80. The predicted octanol–water partition coefficient (Wildman–Crippen LogP) is 5.96. The van der Waals surface area contributed by atoms with E-state index >= 15 is 0 Å². The van der Waals surface area contributed by atoms with E-state index in [0.29, 0.717) is 5.92 Å². The van der Waals surface area contributed by atoms with Gasteiger partial charge >= 0.3 is 0 Å². The topological polar surface area (TPSA) is 56.5 Å². The Kier molecular flexibility index (Phi) is 5.89. The first-order chi connectivity index (χ1) is 13.6. The second-order valence-corrected chi connectivity index (χ2v) is 9.23. The molecular weight excluding hydrogens is 454 g/mol. The average molecular weight is 472 g/mol. The number of thioether (sulfide) groups is 1. The minimum atomic E-state index is 0.451. The highest BCUT2D eigenvalue weighted by Gasteiger charge is 2.17. The first-order valence-corrected chi connectivity index (χ1v) is 11.5. The number of hydrogen-bond acceptors (Lipinski definition) is 6. The number of aromatic nitrogens is 5. The lowest BCUT2D eigenvalue weighted by Crippen LogP contribution is -2.00. The third-order valence-electron chi connectivity index (χ3n) is 4.05. The van der Waals surface area contributed by atoms with Crippen LogP contribution in [0.25, 0.3) is 17.1 Å². The molecule has 0 aliphatic heterocycles. The maximum atomic E-state index is 4.73. The summed E-state index contributed by atoms with van der Waals surface area (Å²) < 4.78 is 3.11. The van der Waals surface area contributed by atoms with E-state index < -0.39 is 0 Å². The standard InChI is InChI=1S/C20H18BrN5S2/c1-13(2)19-23-16(11-27-19)12-28-20-25-24-18(14-4-3-9-22-10-14)26(20)17-7-5-15(21)6-8-17/h3-11,13H,12H2,1-2H3. The Labute approximate surface area is 180 Å². The Morgan fingerprint density at radius 2 is 1.96 bits per heavy atom. The number of hydrogen-bond donors (Lipinski definition) is 0. The molecule has 3 heterocycles. The quantitative estimate of drug-likeness (QED) is 0.324. The van der Waals surface area contributed by atoms with Gasteiger partial charge < -0.3 is 0 Å². The van der Waals surface area contributed by atoms with Crippen molar-refractivity contribution in [2.45, 2.75) is 30.7 Å². The van der Waals surface area contributed by atoms with Crippen LogP contribution >= 0.6 is 39.0 Å². The highest BCUT2D eigenvalue weighted by atomic mass is 79.9. The fourth-order valence-electron chi connectivity index (χ4n) is 2.66. The van der Waals surface area contributed by atoms with Crippen LogP contribution in [0.15, 0.2) is 63.8 Å². The Balaban J connectivity index is 1.68. The Morgan fingerprint density at radius 1 is 1.14 bits per heavy atom. The van der Waals surface area contributed by atoms with Crippen molar-refractivity contribution in [1.29, 1.82) is 0 Å². The van der Waals surface area contributed by atoms with Crippen LogP contribution in [0.4, 0.5) is 0 Å². The third-order valence-corrected chi connectivity index (χ3v) is 6.74. The number of pyridine rings is 1. The van der Waals surface area contributed by atoms with Crippen molar-refractivity contribution in [3.63, 3.8) is 0 Å². The van der Waals surface area contributed by atoms with E-state index in [4.69, 9.17) is 4.98 Å². The molecule has 0 fully saturated rings. The SMILES string of the molecule is CC(C)c1nc(CSc2nnc(-c3cccnc3)n2-c2ccc(Br)cc2)cs1. The number of benzene rings is 1. The lowest BCUT2D eigenvalue weighted by molar-refractivity contribution is 0.845. The zero-order valence-corrected chi connectivity index (χ0v) is 18.6. The van der Waals surface area contributed by atoms with Crippen LogP contribution < -0.4 is 0 Å². The third kappa shape index (κ3) is 4.19. The molecule has 0 unspecified atom stereocenters. The van der Waals surface area contributed by atoms with Crippen LogP contribution in [0.2, 0.25) is 0 Å². The molecule has 0 aliphatic rings. The van der Waals surface area contributed by atoms with Crippen molar-refractivity contribution in [2.24, 2.45) is 0 Å². The summed E-state index contributed by atoms with van der Waals surface area (Å²) >= 11 is 6.86. The van der Waals surface area contributed by atoms with Gasteiger partial charge in [-0.1, -0.05) is 41.5 Å². The van der Waals surface area contributed by atoms with Crippen molar-refractivity contribution in [2.75, 3.05) is 0 Å². The summed E-state index contributed by atoms with van der Waals surface area (Å²) in [6.07, 6.45) is 3.57. The molecule has 4 aromatic rings. The van der Waals surface area contributed by atoms with Gasteiger partial charge in [0.15, 0.2) is 11.0 Å². The molecule has 4 rings (SSSR count). The van der Waals surface area contributed by atoms with Crippen LogP contribution in [-0.2, 0) is 5.75 Å². The van der Waals surface area contributed by atoms with Crippen LogP contribution in [0.5, 0.6) is 0 Å². The number of nitrogens with zero attached hydrogens (tertiary/aromatic N) is 5. The van der Waals surface area contributed by atoms with E-state index in [-0.39, 0.29) is 0 Å². The lowest BCUT2D eigenvalue weighted by atomic mass is 10.2. The van der Waals surface area contributed by atoms with Gasteiger partial charge in [-0.15, -0.1) is 21.5 Å². The fourth-order valence-corrected chi connectivity index (χ4v) is 4.71. The van der Waals surface area contributed by atoms with Gasteiger partial charge in [0.2, 0.25) is 0 Å². The van der Waals surface area contributed by atoms with Crippen molar-refractivity contribution < 1.29 is 0 Å². The largest absolute Gasteiger partial charge is 0.270 e. The Hall–Kier alpha value is -2.03. The van der Waals surface area contributed by atoms with E-state index in [0.717, 1.165) is 38.2 Å². The molecule has 0 N–H and O–H groups in total. The van der Waals surface area contributed by atoms with Crippen molar-refractivity contribution >= 4 is 39.0 Å². The van der Waals surface area contributed by atoms with E-state index in [1.54, 1.807) is 29.3 Å². The Bertz CT molecular complexity index is 1060. The molecule has 0 amide bonds. The monoisotopic (exact) mass is 471 g/mol. The smallest absolute Gasteiger partial charge is 0.196 e. The van der Waals surface area contributed by atoms with E-state index in [1.807, 2.05) is 30.5 Å². The van der Waals surface area contributed by atoms with Crippen molar-refractivity contribution in [1.82, 2.24) is 24.7 Å². The molecule has 0 saturated heterocycles. The zero-order chi connectivity index (χ0) is 19.5. The van der Waals surface area contributed by atoms with Gasteiger partial charge in [-0.3, -0.25) is 9.55 Å². The number of rotatable bonds is 6. The summed E-state index contributed by atoms with van der Waals surface area (Å²) in [7, 11) is 0. The van der Waals surface area contributed by atoms with Gasteiger partial charge in [-0.25, -0.2) is 4.98 Å². The van der Waals surface area contributed by atoms with Gasteiger partial charge in [-0.2, -0.15) is 0 Å². The summed E-state index contributed by atoms with van der Waals surface area (Å²) in [5.41, 5.74) is 3.02. The summed E-state index contributed by atoms with van der Waals surface area (Å²) in [6, 6.07) is 12.0. The van der Waals surface area contributed by atoms with Gasteiger partial charge in [-0.05, 0) is 36.4 Å². The summed E-state index contributed by atoms with van der Waals surface area (Å²) in [5, 5.41) is 13.0. The van der Waals surface area contributed by atoms with Gasteiger partial charge in [0.1, 0.15) is 0 Å². The summed E-state index contributed by atoms with van der Waals surface area (Å²) in [5.74, 6) is 1.98. The number of thiazole rings is 1. The van der Waals surface area contributed by atoms with E-state index in [1.165, 1.54) is 5.01 Å². The molecule has 3 aromatic heterocycles. The van der Waals surface area contributed by atoms with Crippen LogP contribution in [0, 0.1) is 0 Å². The molecule has 0 atom stereocenters. The molecule has 1 aromatic carbocycles. The molecule has 28 heavy (non-hydrogen) atoms. The van der Waals surface area contributed by atoms with Gasteiger partial charge in [0.25, 0.3) is 0 Å². The van der Waals surface area contributed by atoms with Gasteiger partial charge in [0.05, 0.1) is 10.7 Å². The lowest BCUT2D eigenvalue weighted by Gasteiger charge is -2.10. The van der Waals surface area contributed by atoms with Gasteiger partial charge in [0, 0.05) is 45.2 Å². The van der Waals surface area contributed by atoms with E-state index in [2.05, 4.69) is 67.0 Å². The number of halogens is 1. The zero-order valence-electron chi connectivity index (χ0n) is 15.4. The van der Waals surface area contributed by atoms with Crippen LogP contribution in [0.3, 0.4) is 0 Å². The molecule has 0 spiro atoms. The second kappa shape index (κ2) is 8.55. The molecule has 142 valence electrons. The second-order valence-electron chi connectivity index (χ2n) is 6.48. The highest BCUT2D eigenvalue weighted by molar-refractivity contribution is 9.10. The molecule has 8 heteroatoms. The predicted molar refractivity (Wildman–Crippen MR) is 118 cm³/mol. The average Bonchev–Trinajstić information content (AvgIpc) is 3.35.